The molecule has 22 heavy (non-hydrogen) atoms. The highest BCUT2D eigenvalue weighted by Gasteiger charge is 2.14. The molecule has 5 nitrogen and oxygen atoms in total. The molecule has 0 saturated carbocycles. The number of benzene rings is 1. The van der Waals surface area contributed by atoms with E-state index < -0.39 is 10.1 Å². The van der Waals surface area contributed by atoms with Crippen molar-refractivity contribution in [1.82, 2.24) is 0 Å². The molecule has 0 saturated heterocycles. The van der Waals surface area contributed by atoms with E-state index in [1.807, 2.05) is 20.8 Å². The Morgan fingerprint density at radius 1 is 0.955 bits per heavy atom. The standard InChI is InChI=1S/C11H16O4S.C4H9IO/c1-3-14-8-9-15-16(12,13)11-6-4-10(2)5-7-11;1-2-6-4-3-5/h4-7H,3,8-9H2,1-2H3;2-4H2,1H3. The van der Waals surface area contributed by atoms with E-state index in [-0.39, 0.29) is 18.1 Å². The summed E-state index contributed by atoms with van der Waals surface area (Å²) in [7, 11) is -3.64. The lowest BCUT2D eigenvalue weighted by Gasteiger charge is -2.05. The van der Waals surface area contributed by atoms with Gasteiger partial charge in [0.25, 0.3) is 10.1 Å². The lowest BCUT2D eigenvalue weighted by Crippen LogP contribution is -2.11. The zero-order chi connectivity index (χ0) is 16.8. The molecule has 0 heterocycles. The van der Waals surface area contributed by atoms with E-state index in [9.17, 15) is 8.42 Å². The van der Waals surface area contributed by atoms with Crippen LogP contribution in [0.2, 0.25) is 0 Å². The third kappa shape index (κ3) is 10.5. The topological polar surface area (TPSA) is 61.8 Å². The van der Waals surface area contributed by atoms with Crippen LogP contribution in [0.3, 0.4) is 0 Å². The van der Waals surface area contributed by atoms with E-state index in [0.29, 0.717) is 6.61 Å². The van der Waals surface area contributed by atoms with E-state index in [0.717, 1.165) is 23.2 Å². The molecule has 0 bridgehead atoms. The van der Waals surface area contributed by atoms with Gasteiger partial charge in [-0.25, -0.2) is 0 Å². The number of rotatable bonds is 9. The van der Waals surface area contributed by atoms with Crippen molar-refractivity contribution in [3.05, 3.63) is 29.8 Å². The Balaban J connectivity index is 0.000000626. The maximum Gasteiger partial charge on any atom is 0.297 e. The van der Waals surface area contributed by atoms with Crippen molar-refractivity contribution in [2.45, 2.75) is 25.7 Å². The first-order chi connectivity index (χ1) is 10.5. The molecule has 0 atom stereocenters. The van der Waals surface area contributed by atoms with Gasteiger partial charge in [0.05, 0.1) is 24.7 Å². The number of alkyl halides is 1. The van der Waals surface area contributed by atoms with Crippen LogP contribution in [-0.2, 0) is 23.8 Å². The van der Waals surface area contributed by atoms with Gasteiger partial charge in [-0.05, 0) is 32.9 Å². The monoisotopic (exact) mass is 444 g/mol. The molecule has 7 heteroatoms. The second kappa shape index (κ2) is 13.2. The summed E-state index contributed by atoms with van der Waals surface area (Å²) in [5.74, 6) is 0. The van der Waals surface area contributed by atoms with Gasteiger partial charge in [-0.2, -0.15) is 8.42 Å². The summed E-state index contributed by atoms with van der Waals surface area (Å²) in [6, 6.07) is 6.54. The predicted molar refractivity (Wildman–Crippen MR) is 96.2 cm³/mol. The Hall–Kier alpha value is -0.220. The minimum atomic E-state index is -3.64. The van der Waals surface area contributed by atoms with Crippen LogP contribution in [-0.4, -0.2) is 45.9 Å². The van der Waals surface area contributed by atoms with Gasteiger partial charge in [0.2, 0.25) is 0 Å². The summed E-state index contributed by atoms with van der Waals surface area (Å²) >= 11 is 2.29. The summed E-state index contributed by atoms with van der Waals surface area (Å²) < 4.78 is 39.1. The Morgan fingerprint density at radius 2 is 1.50 bits per heavy atom. The average molecular weight is 444 g/mol. The van der Waals surface area contributed by atoms with Crippen LogP contribution in [0.1, 0.15) is 19.4 Å². The van der Waals surface area contributed by atoms with Gasteiger partial charge in [0, 0.05) is 17.6 Å². The van der Waals surface area contributed by atoms with Crippen molar-refractivity contribution >= 4 is 32.7 Å². The fraction of sp³-hybridized carbons (Fsp3) is 0.600. The number of hydrogen-bond donors (Lipinski definition) is 0. The number of ether oxygens (including phenoxy) is 2. The number of halogens is 1. The van der Waals surface area contributed by atoms with Crippen LogP contribution < -0.4 is 0 Å². The van der Waals surface area contributed by atoms with E-state index in [1.54, 1.807) is 12.1 Å². The van der Waals surface area contributed by atoms with Gasteiger partial charge in [-0.3, -0.25) is 4.18 Å². The molecule has 0 aliphatic rings. The van der Waals surface area contributed by atoms with Crippen LogP contribution in [0.25, 0.3) is 0 Å². The first kappa shape index (κ1) is 21.8. The quantitative estimate of drug-likeness (QED) is 0.254. The smallest absolute Gasteiger partial charge is 0.297 e. The number of hydrogen-bond acceptors (Lipinski definition) is 5. The number of aryl methyl sites for hydroxylation is 1. The lowest BCUT2D eigenvalue weighted by atomic mass is 10.2. The second-order valence-electron chi connectivity index (χ2n) is 4.17. The van der Waals surface area contributed by atoms with Crippen molar-refractivity contribution in [3.63, 3.8) is 0 Å². The second-order valence-corrected chi connectivity index (χ2v) is 6.87. The van der Waals surface area contributed by atoms with Crippen LogP contribution >= 0.6 is 22.6 Å². The minimum absolute atomic E-state index is 0.0457. The van der Waals surface area contributed by atoms with E-state index >= 15 is 0 Å². The third-order valence-corrected chi connectivity index (χ3v) is 4.17. The largest absolute Gasteiger partial charge is 0.381 e. The Kier molecular flexibility index (Phi) is 13.1. The van der Waals surface area contributed by atoms with Crippen LogP contribution in [0.5, 0.6) is 0 Å². The van der Waals surface area contributed by atoms with Crippen molar-refractivity contribution in [2.75, 3.05) is 37.5 Å². The summed E-state index contributed by atoms with van der Waals surface area (Å²) in [6.45, 7) is 8.37. The lowest BCUT2D eigenvalue weighted by molar-refractivity contribution is 0.112. The van der Waals surface area contributed by atoms with Gasteiger partial charge < -0.3 is 9.47 Å². The van der Waals surface area contributed by atoms with E-state index in [4.69, 9.17) is 13.7 Å². The summed E-state index contributed by atoms with van der Waals surface area (Å²) in [4.78, 5) is 0.176. The van der Waals surface area contributed by atoms with Gasteiger partial charge in [0.1, 0.15) is 0 Å². The average Bonchev–Trinajstić information content (AvgIpc) is 2.50. The minimum Gasteiger partial charge on any atom is -0.381 e. The molecule has 0 aliphatic heterocycles. The Bertz CT molecular complexity index is 469. The van der Waals surface area contributed by atoms with Crippen LogP contribution in [0, 0.1) is 6.92 Å². The molecular formula is C15H25IO5S. The molecular weight excluding hydrogens is 419 g/mol. The first-order valence-electron chi connectivity index (χ1n) is 7.15. The fourth-order valence-electron chi connectivity index (χ4n) is 1.32. The predicted octanol–water partition coefficient (Wildman–Crippen LogP) is 3.19. The van der Waals surface area contributed by atoms with Crippen LogP contribution in [0.4, 0.5) is 0 Å². The van der Waals surface area contributed by atoms with Crippen LogP contribution in [0.15, 0.2) is 29.2 Å². The molecule has 1 rings (SSSR count). The van der Waals surface area contributed by atoms with Gasteiger partial charge in [-0.15, -0.1) is 0 Å². The summed E-state index contributed by atoms with van der Waals surface area (Å²) in [6.07, 6.45) is 0. The molecule has 0 amide bonds. The third-order valence-electron chi connectivity index (χ3n) is 2.41. The van der Waals surface area contributed by atoms with Crippen molar-refractivity contribution in [1.29, 1.82) is 0 Å². The van der Waals surface area contributed by atoms with Gasteiger partial charge in [0.15, 0.2) is 0 Å². The summed E-state index contributed by atoms with van der Waals surface area (Å²) in [5, 5.41) is 0. The van der Waals surface area contributed by atoms with Gasteiger partial charge >= 0.3 is 0 Å². The molecule has 0 aromatic heterocycles. The normalized spacial score (nSPS) is 10.9. The summed E-state index contributed by atoms with van der Waals surface area (Å²) in [5.41, 5.74) is 1.01. The Morgan fingerprint density at radius 3 is 1.95 bits per heavy atom. The maximum absolute atomic E-state index is 11.6. The maximum atomic E-state index is 11.6. The van der Waals surface area contributed by atoms with Crippen molar-refractivity contribution < 1.29 is 22.1 Å². The molecule has 0 aliphatic carbocycles. The van der Waals surface area contributed by atoms with E-state index in [2.05, 4.69) is 22.6 Å². The molecule has 0 unspecified atom stereocenters. The Labute approximate surface area is 147 Å². The molecule has 0 radical (unpaired) electrons. The molecule has 1 aromatic carbocycles. The molecule has 0 N–H and O–H groups in total. The zero-order valence-corrected chi connectivity index (χ0v) is 16.4. The highest BCUT2D eigenvalue weighted by Crippen LogP contribution is 2.12. The molecule has 128 valence electrons. The van der Waals surface area contributed by atoms with Crippen molar-refractivity contribution in [2.24, 2.45) is 0 Å². The SMILES string of the molecule is CCOCCI.CCOCCOS(=O)(=O)c1ccc(C)cc1. The van der Waals surface area contributed by atoms with E-state index in [1.165, 1.54) is 12.1 Å². The highest BCUT2D eigenvalue weighted by atomic mass is 127. The molecule has 1 aromatic rings. The molecule has 0 fully saturated rings. The van der Waals surface area contributed by atoms with Gasteiger partial charge in [-0.1, -0.05) is 40.3 Å². The first-order valence-corrected chi connectivity index (χ1v) is 10.1. The zero-order valence-electron chi connectivity index (χ0n) is 13.4. The highest BCUT2D eigenvalue weighted by molar-refractivity contribution is 14.1. The molecule has 0 spiro atoms. The van der Waals surface area contributed by atoms with Crippen molar-refractivity contribution in [3.8, 4) is 0 Å². The fourth-order valence-corrected chi connectivity index (χ4v) is 2.52.